The summed E-state index contributed by atoms with van der Waals surface area (Å²) >= 11 is 0. The first-order chi connectivity index (χ1) is 8.97. The van der Waals surface area contributed by atoms with E-state index in [4.69, 9.17) is 0 Å². The van der Waals surface area contributed by atoms with Crippen LogP contribution in [0.3, 0.4) is 0 Å². The van der Waals surface area contributed by atoms with Crippen LogP contribution in [0.2, 0.25) is 0 Å². The summed E-state index contributed by atoms with van der Waals surface area (Å²) in [6.07, 6.45) is 2.68. The summed E-state index contributed by atoms with van der Waals surface area (Å²) in [6.45, 7) is 4.56. The molecule has 0 aliphatic carbocycles. The van der Waals surface area contributed by atoms with E-state index in [0.717, 1.165) is 45.6 Å². The van der Waals surface area contributed by atoms with E-state index in [0.29, 0.717) is 6.42 Å². The highest BCUT2D eigenvalue weighted by Crippen LogP contribution is 2.00. The molecule has 0 rings (SSSR count). The molecule has 0 aromatic carbocycles. The summed E-state index contributed by atoms with van der Waals surface area (Å²) in [4.78, 5) is 18.5. The number of carbonyl (C=O) groups is 1. The maximum atomic E-state index is 12.1. The van der Waals surface area contributed by atoms with Gasteiger partial charge >= 0.3 is 0 Å². The lowest BCUT2D eigenvalue weighted by atomic mass is 10.2. The van der Waals surface area contributed by atoms with Crippen LogP contribution < -0.4 is 5.32 Å². The van der Waals surface area contributed by atoms with Gasteiger partial charge in [-0.25, -0.2) is 0 Å². The van der Waals surface area contributed by atoms with Crippen molar-refractivity contribution < 1.29 is 4.79 Å². The SMILES string of the molecule is CNCCC(=O)N(CCCN(C)C)CCCN(C)C. The van der Waals surface area contributed by atoms with Crippen molar-refractivity contribution in [3.8, 4) is 0 Å². The second-order valence-electron chi connectivity index (χ2n) is 5.55. The number of nitrogens with zero attached hydrogens (tertiary/aromatic N) is 3. The molecule has 0 fully saturated rings. The van der Waals surface area contributed by atoms with Gasteiger partial charge in [-0.15, -0.1) is 0 Å². The molecule has 1 amide bonds. The topological polar surface area (TPSA) is 38.8 Å². The minimum Gasteiger partial charge on any atom is -0.343 e. The smallest absolute Gasteiger partial charge is 0.223 e. The third-order valence-electron chi connectivity index (χ3n) is 3.01. The second kappa shape index (κ2) is 11.2. The normalized spacial score (nSPS) is 11.3. The monoisotopic (exact) mass is 272 g/mol. The van der Waals surface area contributed by atoms with E-state index in [1.165, 1.54) is 0 Å². The minimum atomic E-state index is 0.270. The van der Waals surface area contributed by atoms with Crippen molar-refractivity contribution in [3.63, 3.8) is 0 Å². The lowest BCUT2D eigenvalue weighted by molar-refractivity contribution is -0.131. The molecule has 0 radical (unpaired) electrons. The lowest BCUT2D eigenvalue weighted by Gasteiger charge is -2.24. The number of hydrogen-bond acceptors (Lipinski definition) is 4. The van der Waals surface area contributed by atoms with Crippen LogP contribution in [0.1, 0.15) is 19.3 Å². The van der Waals surface area contributed by atoms with Crippen molar-refractivity contribution in [1.82, 2.24) is 20.0 Å². The van der Waals surface area contributed by atoms with Gasteiger partial charge in [-0.05, 0) is 61.2 Å². The Balaban J connectivity index is 4.09. The van der Waals surface area contributed by atoms with Crippen LogP contribution in [0.15, 0.2) is 0 Å². The van der Waals surface area contributed by atoms with Gasteiger partial charge in [0, 0.05) is 26.1 Å². The van der Waals surface area contributed by atoms with Crippen LogP contribution in [0.5, 0.6) is 0 Å². The summed E-state index contributed by atoms with van der Waals surface area (Å²) < 4.78 is 0. The Labute approximate surface area is 118 Å². The molecule has 1 N–H and O–H groups in total. The molecule has 0 unspecified atom stereocenters. The fourth-order valence-electron chi connectivity index (χ4n) is 1.91. The van der Waals surface area contributed by atoms with E-state index >= 15 is 0 Å². The predicted molar refractivity (Wildman–Crippen MR) is 81.5 cm³/mol. The molecule has 5 heteroatoms. The fourth-order valence-corrected chi connectivity index (χ4v) is 1.91. The van der Waals surface area contributed by atoms with Crippen LogP contribution in [0, 0.1) is 0 Å². The first-order valence-corrected chi connectivity index (χ1v) is 7.19. The summed E-state index contributed by atoms with van der Waals surface area (Å²) in [5.41, 5.74) is 0. The molecule has 0 bridgehead atoms. The Morgan fingerprint density at radius 1 is 0.895 bits per heavy atom. The third kappa shape index (κ3) is 10.9. The van der Waals surface area contributed by atoms with Crippen molar-refractivity contribution in [2.24, 2.45) is 0 Å². The summed E-state index contributed by atoms with van der Waals surface area (Å²) in [7, 11) is 10.2. The molecule has 0 spiro atoms. The van der Waals surface area contributed by atoms with Gasteiger partial charge < -0.3 is 20.0 Å². The van der Waals surface area contributed by atoms with Crippen molar-refractivity contribution in [2.75, 3.05) is 68.0 Å². The Morgan fingerprint density at radius 3 is 1.74 bits per heavy atom. The zero-order chi connectivity index (χ0) is 14.7. The lowest BCUT2D eigenvalue weighted by Crippen LogP contribution is -2.36. The van der Waals surface area contributed by atoms with Gasteiger partial charge in [0.2, 0.25) is 5.91 Å². The summed E-state index contributed by atoms with van der Waals surface area (Å²) in [5.74, 6) is 0.270. The predicted octanol–water partition coefficient (Wildman–Crippen LogP) is 0.328. The van der Waals surface area contributed by atoms with Gasteiger partial charge in [0.05, 0.1) is 0 Å². The maximum Gasteiger partial charge on any atom is 0.223 e. The van der Waals surface area contributed by atoms with Crippen LogP contribution in [-0.2, 0) is 4.79 Å². The Kier molecular flexibility index (Phi) is 10.8. The van der Waals surface area contributed by atoms with Gasteiger partial charge in [-0.3, -0.25) is 4.79 Å². The standard InChI is InChI=1S/C14H32N4O/c1-15-9-8-14(19)18(12-6-10-16(2)3)13-7-11-17(4)5/h15H,6-13H2,1-5H3. The van der Waals surface area contributed by atoms with E-state index in [9.17, 15) is 4.79 Å². The van der Waals surface area contributed by atoms with Crippen molar-refractivity contribution in [3.05, 3.63) is 0 Å². The summed E-state index contributed by atoms with van der Waals surface area (Å²) in [5, 5.41) is 3.04. The number of carbonyl (C=O) groups excluding carboxylic acids is 1. The highest BCUT2D eigenvalue weighted by atomic mass is 16.2. The number of rotatable bonds is 11. The van der Waals surface area contributed by atoms with E-state index in [-0.39, 0.29) is 5.91 Å². The van der Waals surface area contributed by atoms with E-state index < -0.39 is 0 Å². The maximum absolute atomic E-state index is 12.1. The average Bonchev–Trinajstić information content (AvgIpc) is 2.33. The zero-order valence-corrected chi connectivity index (χ0v) is 13.4. The second-order valence-corrected chi connectivity index (χ2v) is 5.55. The number of amides is 1. The highest BCUT2D eigenvalue weighted by Gasteiger charge is 2.12. The van der Waals surface area contributed by atoms with Crippen LogP contribution >= 0.6 is 0 Å². The Morgan fingerprint density at radius 2 is 1.37 bits per heavy atom. The first kappa shape index (κ1) is 18.4. The first-order valence-electron chi connectivity index (χ1n) is 7.19. The van der Waals surface area contributed by atoms with Crippen LogP contribution in [0.25, 0.3) is 0 Å². The average molecular weight is 272 g/mol. The number of hydrogen-bond donors (Lipinski definition) is 1. The molecule has 0 aliphatic heterocycles. The Hall–Kier alpha value is -0.650. The van der Waals surface area contributed by atoms with Crippen molar-refractivity contribution in [2.45, 2.75) is 19.3 Å². The molecule has 0 saturated heterocycles. The van der Waals surface area contributed by atoms with Gasteiger partial charge in [0.25, 0.3) is 0 Å². The van der Waals surface area contributed by atoms with Gasteiger partial charge in [-0.2, -0.15) is 0 Å². The molecule has 0 heterocycles. The molecule has 114 valence electrons. The van der Waals surface area contributed by atoms with E-state index in [1.54, 1.807) is 0 Å². The largest absolute Gasteiger partial charge is 0.343 e. The molecular weight excluding hydrogens is 240 g/mol. The van der Waals surface area contributed by atoms with Crippen LogP contribution in [-0.4, -0.2) is 88.6 Å². The van der Waals surface area contributed by atoms with Crippen molar-refractivity contribution >= 4 is 5.91 Å². The minimum absolute atomic E-state index is 0.270. The molecule has 0 saturated carbocycles. The molecule has 0 aromatic heterocycles. The quantitative estimate of drug-likeness (QED) is 0.588. The number of nitrogens with one attached hydrogen (secondary N) is 1. The van der Waals surface area contributed by atoms with E-state index in [1.807, 2.05) is 11.9 Å². The van der Waals surface area contributed by atoms with Gasteiger partial charge in [0.1, 0.15) is 0 Å². The molecule has 0 atom stereocenters. The van der Waals surface area contributed by atoms with Crippen molar-refractivity contribution in [1.29, 1.82) is 0 Å². The van der Waals surface area contributed by atoms with E-state index in [2.05, 4.69) is 43.3 Å². The molecule has 19 heavy (non-hydrogen) atoms. The fraction of sp³-hybridized carbons (Fsp3) is 0.929. The summed E-state index contributed by atoms with van der Waals surface area (Å²) in [6, 6.07) is 0. The molecule has 0 aliphatic rings. The third-order valence-corrected chi connectivity index (χ3v) is 3.01. The Bertz CT molecular complexity index is 217. The molecule has 0 aromatic rings. The van der Waals surface area contributed by atoms with Crippen LogP contribution in [0.4, 0.5) is 0 Å². The highest BCUT2D eigenvalue weighted by molar-refractivity contribution is 5.76. The van der Waals surface area contributed by atoms with Gasteiger partial charge in [0.15, 0.2) is 0 Å². The molecule has 5 nitrogen and oxygen atoms in total. The zero-order valence-electron chi connectivity index (χ0n) is 13.4. The molecular formula is C14H32N4O. The van der Waals surface area contributed by atoms with Gasteiger partial charge in [-0.1, -0.05) is 0 Å².